The summed E-state index contributed by atoms with van der Waals surface area (Å²) in [5.74, 6) is 1.73. The highest BCUT2D eigenvalue weighted by atomic mass is 79.9. The minimum Gasteiger partial charge on any atom is -0.369 e. The molecule has 0 amide bonds. The summed E-state index contributed by atoms with van der Waals surface area (Å²) in [6.07, 6.45) is 3.91. The molecule has 2 N–H and O–H groups in total. The summed E-state index contributed by atoms with van der Waals surface area (Å²) in [7, 11) is 2.17. The lowest BCUT2D eigenvalue weighted by Gasteiger charge is -2.30. The average molecular weight is 314 g/mol. The fourth-order valence-corrected chi connectivity index (χ4v) is 2.57. The predicted molar refractivity (Wildman–Crippen MR) is 78.0 cm³/mol. The molecule has 1 aromatic rings. The Morgan fingerprint density at radius 2 is 2.00 bits per heavy atom. The molecule has 5 nitrogen and oxygen atoms in total. The minimum absolute atomic E-state index is 0.502. The molecule has 1 aliphatic heterocycles. The fourth-order valence-electron chi connectivity index (χ4n) is 2.11. The van der Waals surface area contributed by atoms with Crippen LogP contribution >= 0.6 is 15.9 Å². The average Bonchev–Trinajstić information content (AvgIpc) is 2.37. The molecule has 100 valence electrons. The summed E-state index contributed by atoms with van der Waals surface area (Å²) in [5, 5.41) is 6.72. The van der Waals surface area contributed by atoms with Crippen molar-refractivity contribution in [3.63, 3.8) is 0 Å². The minimum atomic E-state index is 0.502. The zero-order chi connectivity index (χ0) is 13.0. The second-order valence-electron chi connectivity index (χ2n) is 4.64. The first-order valence-electron chi connectivity index (χ1n) is 6.40. The van der Waals surface area contributed by atoms with Crippen molar-refractivity contribution in [2.75, 3.05) is 37.3 Å². The van der Waals surface area contributed by atoms with Crippen molar-refractivity contribution in [2.24, 2.45) is 0 Å². The number of halogens is 1. The van der Waals surface area contributed by atoms with E-state index in [1.165, 1.54) is 0 Å². The van der Waals surface area contributed by atoms with Gasteiger partial charge in [-0.1, -0.05) is 0 Å². The SMILES string of the molecule is CCNc1ncnc(NC2CCN(C)CC2)c1Br. The van der Waals surface area contributed by atoms with Crippen LogP contribution in [-0.2, 0) is 0 Å². The fraction of sp³-hybridized carbons (Fsp3) is 0.667. The lowest BCUT2D eigenvalue weighted by atomic mass is 10.1. The molecule has 0 atom stereocenters. The van der Waals surface area contributed by atoms with E-state index >= 15 is 0 Å². The number of piperidine rings is 1. The van der Waals surface area contributed by atoms with Gasteiger partial charge >= 0.3 is 0 Å². The standard InChI is InChI=1S/C12H20BrN5/c1-3-14-11-10(13)12(16-8-15-11)17-9-4-6-18(2)7-5-9/h8-9H,3-7H2,1-2H3,(H2,14,15,16,17). The second-order valence-corrected chi connectivity index (χ2v) is 5.43. The van der Waals surface area contributed by atoms with Crippen LogP contribution in [0.5, 0.6) is 0 Å². The highest BCUT2D eigenvalue weighted by Crippen LogP contribution is 2.27. The molecule has 2 heterocycles. The number of nitrogens with zero attached hydrogens (tertiary/aromatic N) is 3. The Morgan fingerprint density at radius 1 is 1.33 bits per heavy atom. The van der Waals surface area contributed by atoms with Gasteiger partial charge in [0.15, 0.2) is 0 Å². The molecule has 1 aromatic heterocycles. The zero-order valence-electron chi connectivity index (χ0n) is 10.9. The van der Waals surface area contributed by atoms with Crippen LogP contribution in [0.3, 0.4) is 0 Å². The summed E-state index contributed by atoms with van der Waals surface area (Å²) in [6.45, 7) is 5.18. The van der Waals surface area contributed by atoms with Gasteiger partial charge in [0.1, 0.15) is 22.4 Å². The van der Waals surface area contributed by atoms with Crippen LogP contribution in [-0.4, -0.2) is 47.6 Å². The maximum absolute atomic E-state index is 4.31. The summed E-state index contributed by atoms with van der Waals surface area (Å²) in [5.41, 5.74) is 0. The summed E-state index contributed by atoms with van der Waals surface area (Å²) < 4.78 is 0.922. The number of hydrogen-bond acceptors (Lipinski definition) is 5. The van der Waals surface area contributed by atoms with Gasteiger partial charge in [0.2, 0.25) is 0 Å². The van der Waals surface area contributed by atoms with Gasteiger partial charge in [-0.05, 0) is 55.8 Å². The van der Waals surface area contributed by atoms with Crippen LogP contribution in [0.4, 0.5) is 11.6 Å². The van der Waals surface area contributed by atoms with E-state index in [0.29, 0.717) is 6.04 Å². The van der Waals surface area contributed by atoms with Gasteiger partial charge in [-0.3, -0.25) is 0 Å². The monoisotopic (exact) mass is 313 g/mol. The molecule has 0 spiro atoms. The van der Waals surface area contributed by atoms with Gasteiger partial charge < -0.3 is 15.5 Å². The van der Waals surface area contributed by atoms with Gasteiger partial charge in [-0.25, -0.2) is 9.97 Å². The van der Waals surface area contributed by atoms with E-state index < -0.39 is 0 Å². The zero-order valence-corrected chi connectivity index (χ0v) is 12.5. The normalized spacial score (nSPS) is 17.7. The molecular formula is C12H20BrN5. The number of rotatable bonds is 4. The molecule has 0 radical (unpaired) electrons. The third-order valence-corrected chi connectivity index (χ3v) is 3.94. The van der Waals surface area contributed by atoms with Gasteiger partial charge in [0, 0.05) is 12.6 Å². The van der Waals surface area contributed by atoms with Crippen LogP contribution in [0.25, 0.3) is 0 Å². The molecule has 1 fully saturated rings. The van der Waals surface area contributed by atoms with E-state index in [9.17, 15) is 0 Å². The van der Waals surface area contributed by atoms with Gasteiger partial charge in [-0.2, -0.15) is 0 Å². The maximum atomic E-state index is 4.31. The van der Waals surface area contributed by atoms with Gasteiger partial charge in [-0.15, -0.1) is 0 Å². The first-order chi connectivity index (χ1) is 8.70. The molecule has 0 bridgehead atoms. The lowest BCUT2D eigenvalue weighted by Crippen LogP contribution is -2.37. The first-order valence-corrected chi connectivity index (χ1v) is 7.19. The number of anilines is 2. The molecular weight excluding hydrogens is 294 g/mol. The Kier molecular flexibility index (Phi) is 4.77. The number of likely N-dealkylation sites (tertiary alicyclic amines) is 1. The predicted octanol–water partition coefficient (Wildman–Crippen LogP) is 2.18. The maximum Gasteiger partial charge on any atom is 0.146 e. The van der Waals surface area contributed by atoms with Crippen LogP contribution < -0.4 is 10.6 Å². The third kappa shape index (κ3) is 3.32. The quantitative estimate of drug-likeness (QED) is 0.892. The highest BCUT2D eigenvalue weighted by molar-refractivity contribution is 9.10. The molecule has 18 heavy (non-hydrogen) atoms. The largest absolute Gasteiger partial charge is 0.369 e. The number of aromatic nitrogens is 2. The highest BCUT2D eigenvalue weighted by Gasteiger charge is 2.18. The first kappa shape index (κ1) is 13.5. The smallest absolute Gasteiger partial charge is 0.146 e. The third-order valence-electron chi connectivity index (χ3n) is 3.19. The van der Waals surface area contributed by atoms with Crippen molar-refractivity contribution < 1.29 is 0 Å². The molecule has 2 rings (SSSR count). The Bertz CT molecular complexity index is 390. The second kappa shape index (κ2) is 6.33. The molecule has 6 heteroatoms. The van der Waals surface area contributed by atoms with E-state index in [2.05, 4.69) is 55.4 Å². The molecule has 1 saturated heterocycles. The van der Waals surface area contributed by atoms with Crippen molar-refractivity contribution in [3.05, 3.63) is 10.8 Å². The van der Waals surface area contributed by atoms with Crippen LogP contribution in [0.2, 0.25) is 0 Å². The number of nitrogens with one attached hydrogen (secondary N) is 2. The Balaban J connectivity index is 2.02. The van der Waals surface area contributed by atoms with Crippen molar-refractivity contribution in [1.29, 1.82) is 0 Å². The van der Waals surface area contributed by atoms with E-state index in [1.807, 2.05) is 0 Å². The van der Waals surface area contributed by atoms with Crippen LogP contribution in [0.15, 0.2) is 10.8 Å². The van der Waals surface area contributed by atoms with Crippen molar-refractivity contribution in [1.82, 2.24) is 14.9 Å². The van der Waals surface area contributed by atoms with E-state index in [4.69, 9.17) is 0 Å². The van der Waals surface area contributed by atoms with Crippen LogP contribution in [0.1, 0.15) is 19.8 Å². The lowest BCUT2D eigenvalue weighted by molar-refractivity contribution is 0.263. The Hall–Kier alpha value is -0.880. The Morgan fingerprint density at radius 3 is 2.67 bits per heavy atom. The molecule has 0 unspecified atom stereocenters. The van der Waals surface area contributed by atoms with Crippen molar-refractivity contribution >= 4 is 27.6 Å². The molecule has 0 aromatic carbocycles. The van der Waals surface area contributed by atoms with E-state index in [0.717, 1.165) is 48.6 Å². The molecule has 1 aliphatic rings. The summed E-state index contributed by atoms with van der Waals surface area (Å²) in [4.78, 5) is 10.9. The molecule has 0 aliphatic carbocycles. The number of hydrogen-bond donors (Lipinski definition) is 2. The molecule has 0 saturated carbocycles. The summed E-state index contributed by atoms with van der Waals surface area (Å²) >= 11 is 3.56. The van der Waals surface area contributed by atoms with E-state index in [-0.39, 0.29) is 0 Å². The summed E-state index contributed by atoms with van der Waals surface area (Å²) in [6, 6.07) is 0.502. The van der Waals surface area contributed by atoms with Gasteiger partial charge in [0.05, 0.1) is 0 Å². The van der Waals surface area contributed by atoms with Gasteiger partial charge in [0.25, 0.3) is 0 Å². The Labute approximate surface area is 117 Å². The topological polar surface area (TPSA) is 53.1 Å². The van der Waals surface area contributed by atoms with Crippen LogP contribution in [0, 0.1) is 0 Å². The van der Waals surface area contributed by atoms with E-state index in [1.54, 1.807) is 6.33 Å². The van der Waals surface area contributed by atoms with Crippen molar-refractivity contribution in [2.45, 2.75) is 25.8 Å². The van der Waals surface area contributed by atoms with Crippen molar-refractivity contribution in [3.8, 4) is 0 Å².